The van der Waals surface area contributed by atoms with E-state index in [9.17, 15) is 4.79 Å². The molecule has 0 aliphatic carbocycles. The van der Waals surface area contributed by atoms with Crippen molar-refractivity contribution in [1.29, 1.82) is 0 Å². The summed E-state index contributed by atoms with van der Waals surface area (Å²) in [5.74, 6) is 0. The topological polar surface area (TPSA) is 52.3 Å². The summed E-state index contributed by atoms with van der Waals surface area (Å²) in [5.41, 5.74) is 6.00. The van der Waals surface area contributed by atoms with E-state index in [4.69, 9.17) is 0 Å². The first-order chi connectivity index (χ1) is 7.70. The number of primary amides is 1. The van der Waals surface area contributed by atoms with Crippen LogP contribution in [-0.4, -0.2) is 12.7 Å². The lowest BCUT2D eigenvalue weighted by molar-refractivity contribution is 0.163. The Bertz CT molecular complexity index is 273. The highest BCUT2D eigenvalue weighted by Gasteiger charge is 1.87. The van der Waals surface area contributed by atoms with Crippen LogP contribution in [0.4, 0.5) is 4.79 Å². The summed E-state index contributed by atoms with van der Waals surface area (Å²) in [6, 6.07) is 10.6. The Labute approximate surface area is 97.6 Å². The van der Waals surface area contributed by atoms with Gasteiger partial charge in [0.25, 0.3) is 0 Å². The molecule has 0 heterocycles. The van der Waals surface area contributed by atoms with E-state index in [2.05, 4.69) is 47.7 Å². The first-order valence-corrected chi connectivity index (χ1v) is 5.66. The fourth-order valence-corrected chi connectivity index (χ4v) is 1.17. The summed E-state index contributed by atoms with van der Waals surface area (Å²) in [7, 11) is 0. The van der Waals surface area contributed by atoms with Crippen molar-refractivity contribution in [2.45, 2.75) is 33.1 Å². The van der Waals surface area contributed by atoms with Gasteiger partial charge in [0, 0.05) is 0 Å². The molecule has 1 rings (SSSR count). The molecule has 3 heteroatoms. The van der Waals surface area contributed by atoms with Crippen molar-refractivity contribution in [2.75, 3.05) is 6.61 Å². The molecule has 3 nitrogen and oxygen atoms in total. The predicted molar refractivity (Wildman–Crippen MR) is 66.3 cm³/mol. The SMILES string of the molecule is CCCCc1ccccc1.CCOC(N)=O. The third-order valence-electron chi connectivity index (χ3n) is 1.95. The molecular formula is C13H21NO2. The monoisotopic (exact) mass is 223 g/mol. The Morgan fingerprint density at radius 2 is 1.88 bits per heavy atom. The molecule has 0 aliphatic rings. The smallest absolute Gasteiger partial charge is 0.404 e. The molecule has 0 aliphatic heterocycles. The van der Waals surface area contributed by atoms with Crippen LogP contribution in [0.15, 0.2) is 30.3 Å². The van der Waals surface area contributed by atoms with Gasteiger partial charge in [0.05, 0.1) is 6.61 Å². The van der Waals surface area contributed by atoms with Gasteiger partial charge in [0.15, 0.2) is 0 Å². The van der Waals surface area contributed by atoms with Crippen LogP contribution in [0.2, 0.25) is 0 Å². The van der Waals surface area contributed by atoms with Crippen molar-refractivity contribution in [3.05, 3.63) is 35.9 Å². The third kappa shape index (κ3) is 9.06. The van der Waals surface area contributed by atoms with Gasteiger partial charge in [-0.2, -0.15) is 0 Å². The van der Waals surface area contributed by atoms with E-state index < -0.39 is 6.09 Å². The lowest BCUT2D eigenvalue weighted by atomic mass is 10.1. The highest BCUT2D eigenvalue weighted by molar-refractivity contribution is 5.64. The number of ether oxygens (including phenoxy) is 1. The van der Waals surface area contributed by atoms with E-state index in [1.54, 1.807) is 6.92 Å². The zero-order valence-corrected chi connectivity index (χ0v) is 10.1. The molecule has 0 atom stereocenters. The molecule has 0 saturated carbocycles. The third-order valence-corrected chi connectivity index (χ3v) is 1.95. The van der Waals surface area contributed by atoms with Gasteiger partial charge >= 0.3 is 6.09 Å². The van der Waals surface area contributed by atoms with Crippen LogP contribution >= 0.6 is 0 Å². The van der Waals surface area contributed by atoms with Gasteiger partial charge in [-0.15, -0.1) is 0 Å². The summed E-state index contributed by atoms with van der Waals surface area (Å²) in [5, 5.41) is 0. The standard InChI is InChI=1S/C10H14.C3H7NO2/c1-2-3-7-10-8-5-4-6-9-10;1-2-6-3(4)5/h4-6,8-9H,2-3,7H2,1H3;2H2,1H3,(H2,4,5). The maximum absolute atomic E-state index is 9.60. The van der Waals surface area contributed by atoms with Gasteiger partial charge in [-0.25, -0.2) is 4.79 Å². The quantitative estimate of drug-likeness (QED) is 0.852. The van der Waals surface area contributed by atoms with Gasteiger partial charge in [0.1, 0.15) is 0 Å². The molecule has 0 bridgehead atoms. The minimum atomic E-state index is -0.711. The highest BCUT2D eigenvalue weighted by atomic mass is 16.5. The van der Waals surface area contributed by atoms with Crippen molar-refractivity contribution < 1.29 is 9.53 Å². The molecule has 1 amide bonds. The minimum absolute atomic E-state index is 0.356. The molecule has 0 unspecified atom stereocenters. The lowest BCUT2D eigenvalue weighted by Crippen LogP contribution is -2.11. The molecule has 1 aromatic rings. The van der Waals surface area contributed by atoms with E-state index >= 15 is 0 Å². The van der Waals surface area contributed by atoms with Crippen LogP contribution < -0.4 is 5.73 Å². The average Bonchev–Trinajstić information content (AvgIpc) is 2.28. The second-order valence-corrected chi connectivity index (χ2v) is 3.34. The van der Waals surface area contributed by atoms with Gasteiger partial charge < -0.3 is 10.5 Å². The van der Waals surface area contributed by atoms with Crippen LogP contribution in [-0.2, 0) is 11.2 Å². The number of rotatable bonds is 4. The molecule has 0 spiro atoms. The van der Waals surface area contributed by atoms with Gasteiger partial charge in [-0.3, -0.25) is 0 Å². The Morgan fingerprint density at radius 1 is 1.25 bits per heavy atom. The van der Waals surface area contributed by atoms with Crippen LogP contribution in [0, 0.1) is 0 Å². The van der Waals surface area contributed by atoms with Crippen LogP contribution in [0.3, 0.4) is 0 Å². The van der Waals surface area contributed by atoms with Gasteiger partial charge in [0.2, 0.25) is 0 Å². The number of hydrogen-bond donors (Lipinski definition) is 1. The summed E-state index contributed by atoms with van der Waals surface area (Å²) < 4.78 is 4.18. The number of unbranched alkanes of at least 4 members (excludes halogenated alkanes) is 1. The van der Waals surface area contributed by atoms with Crippen molar-refractivity contribution in [1.82, 2.24) is 0 Å². The molecule has 2 N–H and O–H groups in total. The largest absolute Gasteiger partial charge is 0.450 e. The molecular weight excluding hydrogens is 202 g/mol. The number of hydrogen-bond acceptors (Lipinski definition) is 2. The average molecular weight is 223 g/mol. The van der Waals surface area contributed by atoms with E-state index in [0.717, 1.165) is 0 Å². The Balaban J connectivity index is 0.000000325. The summed E-state index contributed by atoms with van der Waals surface area (Å²) >= 11 is 0. The summed E-state index contributed by atoms with van der Waals surface area (Å²) in [6.45, 7) is 4.28. The number of aryl methyl sites for hydroxylation is 1. The van der Waals surface area contributed by atoms with E-state index in [1.165, 1.54) is 24.8 Å². The maximum Gasteiger partial charge on any atom is 0.404 e. The second kappa shape index (κ2) is 10.0. The Hall–Kier alpha value is -1.51. The van der Waals surface area contributed by atoms with E-state index in [1.807, 2.05) is 0 Å². The molecule has 90 valence electrons. The van der Waals surface area contributed by atoms with Crippen LogP contribution in [0.5, 0.6) is 0 Å². The number of benzene rings is 1. The zero-order valence-electron chi connectivity index (χ0n) is 10.1. The normalized spacial score (nSPS) is 8.88. The van der Waals surface area contributed by atoms with Crippen LogP contribution in [0.1, 0.15) is 32.3 Å². The molecule has 0 aromatic heterocycles. The fraction of sp³-hybridized carbons (Fsp3) is 0.462. The van der Waals surface area contributed by atoms with Crippen molar-refractivity contribution >= 4 is 6.09 Å². The van der Waals surface area contributed by atoms with Gasteiger partial charge in [-0.05, 0) is 25.3 Å². The summed E-state index contributed by atoms with van der Waals surface area (Å²) in [4.78, 5) is 9.60. The summed E-state index contributed by atoms with van der Waals surface area (Å²) in [6.07, 6.45) is 3.12. The highest BCUT2D eigenvalue weighted by Crippen LogP contribution is 2.03. The van der Waals surface area contributed by atoms with E-state index in [0.29, 0.717) is 6.61 Å². The predicted octanol–water partition coefficient (Wildman–Crippen LogP) is 3.13. The molecule has 0 saturated heterocycles. The molecule has 0 radical (unpaired) electrons. The molecule has 0 fully saturated rings. The maximum atomic E-state index is 9.60. The number of nitrogens with two attached hydrogens (primary N) is 1. The van der Waals surface area contributed by atoms with Crippen molar-refractivity contribution in [3.8, 4) is 0 Å². The first kappa shape index (κ1) is 14.5. The zero-order chi connectivity index (χ0) is 12.2. The van der Waals surface area contributed by atoms with Crippen molar-refractivity contribution in [3.63, 3.8) is 0 Å². The minimum Gasteiger partial charge on any atom is -0.450 e. The van der Waals surface area contributed by atoms with Gasteiger partial charge in [-0.1, -0.05) is 43.7 Å². The molecule has 16 heavy (non-hydrogen) atoms. The fourth-order valence-electron chi connectivity index (χ4n) is 1.17. The number of carbonyl (C=O) groups excluding carboxylic acids is 1. The lowest BCUT2D eigenvalue weighted by Gasteiger charge is -1.96. The Kier molecular flexibility index (Phi) is 9.08. The van der Waals surface area contributed by atoms with E-state index in [-0.39, 0.29) is 0 Å². The number of amides is 1. The van der Waals surface area contributed by atoms with Crippen LogP contribution in [0.25, 0.3) is 0 Å². The Morgan fingerprint density at radius 3 is 2.25 bits per heavy atom. The molecule has 1 aromatic carbocycles. The first-order valence-electron chi connectivity index (χ1n) is 5.66. The number of carbonyl (C=O) groups is 1. The second-order valence-electron chi connectivity index (χ2n) is 3.34. The van der Waals surface area contributed by atoms with Crippen molar-refractivity contribution in [2.24, 2.45) is 5.73 Å².